The minimum Gasteiger partial charge on any atom is -0.368 e. The fourth-order valence-corrected chi connectivity index (χ4v) is 1.63. The molecular formula is C13H19N3O2. The Morgan fingerprint density at radius 1 is 1.22 bits per heavy atom. The fourth-order valence-electron chi connectivity index (χ4n) is 1.63. The second-order valence-corrected chi connectivity index (χ2v) is 4.12. The van der Waals surface area contributed by atoms with Gasteiger partial charge in [0.2, 0.25) is 11.8 Å². The molecule has 0 saturated carbocycles. The van der Waals surface area contributed by atoms with E-state index in [-0.39, 0.29) is 12.3 Å². The van der Waals surface area contributed by atoms with Crippen molar-refractivity contribution in [1.29, 1.82) is 0 Å². The first-order valence-corrected chi connectivity index (χ1v) is 5.96. The molecule has 5 N–H and O–H groups in total. The SMILES string of the molecule is NCCC[C@H](NC(=O)Cc1ccccc1)C(N)=O. The van der Waals surface area contributed by atoms with E-state index < -0.39 is 11.9 Å². The third kappa shape index (κ3) is 4.97. The molecule has 2 amide bonds. The Labute approximate surface area is 107 Å². The molecule has 5 heteroatoms. The van der Waals surface area contributed by atoms with E-state index in [2.05, 4.69) is 5.32 Å². The number of amides is 2. The zero-order chi connectivity index (χ0) is 13.4. The molecule has 1 rings (SSSR count). The third-order valence-corrected chi connectivity index (χ3v) is 2.58. The number of nitrogens with one attached hydrogen (secondary N) is 1. The maximum Gasteiger partial charge on any atom is 0.240 e. The van der Waals surface area contributed by atoms with Crippen LogP contribution in [0.25, 0.3) is 0 Å². The van der Waals surface area contributed by atoms with Crippen molar-refractivity contribution in [3.8, 4) is 0 Å². The quantitative estimate of drug-likeness (QED) is 0.631. The van der Waals surface area contributed by atoms with Gasteiger partial charge >= 0.3 is 0 Å². The summed E-state index contributed by atoms with van der Waals surface area (Å²) in [5.74, 6) is -0.730. The van der Waals surface area contributed by atoms with Crippen LogP contribution < -0.4 is 16.8 Å². The molecule has 0 unspecified atom stereocenters. The summed E-state index contributed by atoms with van der Waals surface area (Å²) in [7, 11) is 0. The predicted octanol–water partition coefficient (Wildman–Crippen LogP) is -0.0619. The van der Waals surface area contributed by atoms with Gasteiger partial charge < -0.3 is 16.8 Å². The highest BCUT2D eigenvalue weighted by Gasteiger charge is 2.17. The van der Waals surface area contributed by atoms with Gasteiger partial charge in [-0.05, 0) is 24.9 Å². The molecule has 18 heavy (non-hydrogen) atoms. The summed E-state index contributed by atoms with van der Waals surface area (Å²) in [4.78, 5) is 22.9. The minimum atomic E-state index is -0.634. The molecule has 5 nitrogen and oxygen atoms in total. The van der Waals surface area contributed by atoms with E-state index in [1.54, 1.807) is 0 Å². The monoisotopic (exact) mass is 249 g/mol. The van der Waals surface area contributed by atoms with Gasteiger partial charge in [-0.15, -0.1) is 0 Å². The van der Waals surface area contributed by atoms with Gasteiger partial charge in [0.25, 0.3) is 0 Å². The largest absolute Gasteiger partial charge is 0.368 e. The molecule has 1 aromatic carbocycles. The van der Waals surface area contributed by atoms with Crippen LogP contribution in [0.1, 0.15) is 18.4 Å². The van der Waals surface area contributed by atoms with Crippen LogP contribution in [0.4, 0.5) is 0 Å². The summed E-state index contributed by atoms with van der Waals surface area (Å²) in [6, 6.07) is 8.70. The van der Waals surface area contributed by atoms with E-state index in [0.29, 0.717) is 19.4 Å². The van der Waals surface area contributed by atoms with Gasteiger partial charge in [0, 0.05) is 0 Å². The first kappa shape index (κ1) is 14.2. The van der Waals surface area contributed by atoms with E-state index in [0.717, 1.165) is 5.56 Å². The van der Waals surface area contributed by atoms with Crippen molar-refractivity contribution in [2.24, 2.45) is 11.5 Å². The standard InChI is InChI=1S/C13H19N3O2/c14-8-4-7-11(13(15)18)16-12(17)9-10-5-2-1-3-6-10/h1-3,5-6,11H,4,7-9,14H2,(H2,15,18)(H,16,17)/t11-/m0/s1. The number of hydrogen-bond donors (Lipinski definition) is 3. The Hall–Kier alpha value is -1.88. The highest BCUT2D eigenvalue weighted by atomic mass is 16.2. The van der Waals surface area contributed by atoms with E-state index in [1.807, 2.05) is 30.3 Å². The van der Waals surface area contributed by atoms with Crippen molar-refractivity contribution < 1.29 is 9.59 Å². The Morgan fingerprint density at radius 2 is 1.89 bits per heavy atom. The number of hydrogen-bond acceptors (Lipinski definition) is 3. The summed E-state index contributed by atoms with van der Waals surface area (Å²) >= 11 is 0. The molecule has 0 heterocycles. The number of rotatable bonds is 7. The first-order valence-electron chi connectivity index (χ1n) is 5.96. The summed E-state index contributed by atoms with van der Waals surface area (Å²) in [5.41, 5.74) is 11.5. The molecule has 0 spiro atoms. The Bertz CT molecular complexity index is 392. The minimum absolute atomic E-state index is 0.206. The first-order chi connectivity index (χ1) is 8.63. The van der Waals surface area contributed by atoms with Crippen LogP contribution in [0.15, 0.2) is 30.3 Å². The normalized spacial score (nSPS) is 11.8. The maximum atomic E-state index is 11.7. The lowest BCUT2D eigenvalue weighted by Crippen LogP contribution is -2.45. The molecule has 1 aromatic rings. The van der Waals surface area contributed by atoms with E-state index in [1.165, 1.54) is 0 Å². The second kappa shape index (κ2) is 7.45. The van der Waals surface area contributed by atoms with E-state index in [4.69, 9.17) is 11.5 Å². The number of benzene rings is 1. The van der Waals surface area contributed by atoms with Crippen molar-refractivity contribution in [3.05, 3.63) is 35.9 Å². The molecule has 0 saturated heterocycles. The van der Waals surface area contributed by atoms with E-state index >= 15 is 0 Å². The zero-order valence-electron chi connectivity index (χ0n) is 10.3. The third-order valence-electron chi connectivity index (χ3n) is 2.58. The summed E-state index contributed by atoms with van der Waals surface area (Å²) < 4.78 is 0. The fraction of sp³-hybridized carbons (Fsp3) is 0.385. The summed E-state index contributed by atoms with van der Waals surface area (Å²) in [5, 5.41) is 2.63. The van der Waals surface area contributed by atoms with Crippen molar-refractivity contribution in [2.45, 2.75) is 25.3 Å². The van der Waals surface area contributed by atoms with Gasteiger partial charge in [-0.2, -0.15) is 0 Å². The molecule has 0 aromatic heterocycles. The molecule has 0 aliphatic carbocycles. The maximum absolute atomic E-state index is 11.7. The molecule has 1 atom stereocenters. The molecule has 98 valence electrons. The molecule has 0 fully saturated rings. The Morgan fingerprint density at radius 3 is 2.44 bits per heavy atom. The molecule has 0 aliphatic heterocycles. The van der Waals surface area contributed by atoms with Gasteiger partial charge in [0.15, 0.2) is 0 Å². The highest BCUT2D eigenvalue weighted by molar-refractivity contribution is 5.87. The van der Waals surface area contributed by atoms with Crippen LogP contribution in [0.2, 0.25) is 0 Å². The second-order valence-electron chi connectivity index (χ2n) is 4.12. The lowest BCUT2D eigenvalue weighted by atomic mass is 10.1. The lowest BCUT2D eigenvalue weighted by Gasteiger charge is -2.14. The van der Waals surface area contributed by atoms with Crippen LogP contribution in [0.5, 0.6) is 0 Å². The van der Waals surface area contributed by atoms with Gasteiger partial charge in [-0.1, -0.05) is 30.3 Å². The Balaban J connectivity index is 2.48. The lowest BCUT2D eigenvalue weighted by molar-refractivity contribution is -0.127. The predicted molar refractivity (Wildman–Crippen MR) is 69.6 cm³/mol. The molecule has 0 aliphatic rings. The number of primary amides is 1. The van der Waals surface area contributed by atoms with Gasteiger partial charge in [-0.25, -0.2) is 0 Å². The smallest absolute Gasteiger partial charge is 0.240 e. The average molecular weight is 249 g/mol. The zero-order valence-corrected chi connectivity index (χ0v) is 10.3. The van der Waals surface area contributed by atoms with Gasteiger partial charge in [0.1, 0.15) is 6.04 Å². The van der Waals surface area contributed by atoms with Crippen LogP contribution in [-0.4, -0.2) is 24.4 Å². The van der Waals surface area contributed by atoms with Gasteiger partial charge in [-0.3, -0.25) is 9.59 Å². The number of nitrogens with two attached hydrogens (primary N) is 2. The molecule has 0 bridgehead atoms. The summed E-state index contributed by atoms with van der Waals surface area (Å²) in [6.07, 6.45) is 1.37. The summed E-state index contributed by atoms with van der Waals surface area (Å²) in [6.45, 7) is 0.471. The van der Waals surface area contributed by atoms with Crippen molar-refractivity contribution in [3.63, 3.8) is 0 Å². The van der Waals surface area contributed by atoms with Crippen LogP contribution in [0.3, 0.4) is 0 Å². The Kier molecular flexibility index (Phi) is 5.87. The molecular weight excluding hydrogens is 230 g/mol. The van der Waals surface area contributed by atoms with Crippen LogP contribution in [0, 0.1) is 0 Å². The molecule has 0 radical (unpaired) electrons. The number of carbonyl (C=O) groups excluding carboxylic acids is 2. The van der Waals surface area contributed by atoms with E-state index in [9.17, 15) is 9.59 Å². The average Bonchev–Trinajstić information content (AvgIpc) is 2.35. The number of carbonyl (C=O) groups is 2. The van der Waals surface area contributed by atoms with Crippen molar-refractivity contribution >= 4 is 11.8 Å². The highest BCUT2D eigenvalue weighted by Crippen LogP contribution is 2.01. The van der Waals surface area contributed by atoms with Crippen LogP contribution in [-0.2, 0) is 16.0 Å². The van der Waals surface area contributed by atoms with Crippen LogP contribution >= 0.6 is 0 Å². The van der Waals surface area contributed by atoms with Crippen molar-refractivity contribution in [1.82, 2.24) is 5.32 Å². The van der Waals surface area contributed by atoms with Crippen molar-refractivity contribution in [2.75, 3.05) is 6.54 Å². The van der Waals surface area contributed by atoms with Gasteiger partial charge in [0.05, 0.1) is 6.42 Å². The topological polar surface area (TPSA) is 98.2 Å².